The van der Waals surface area contributed by atoms with Crippen molar-refractivity contribution in [1.29, 1.82) is 0 Å². The number of nitrogens with zero attached hydrogens (tertiary/aromatic N) is 2. The van der Waals surface area contributed by atoms with E-state index in [1.165, 1.54) is 18.3 Å². The lowest BCUT2D eigenvalue weighted by Gasteiger charge is -2.15. The fraction of sp³-hybridized carbons (Fsp3) is 0.174. The van der Waals surface area contributed by atoms with E-state index in [-0.39, 0.29) is 18.9 Å². The van der Waals surface area contributed by atoms with Gasteiger partial charge in [0.1, 0.15) is 13.2 Å². The summed E-state index contributed by atoms with van der Waals surface area (Å²) in [6, 6.07) is 17.3. The van der Waals surface area contributed by atoms with Crippen molar-refractivity contribution in [3.05, 3.63) is 97.0 Å². The molecule has 0 aliphatic rings. The molecule has 0 heterocycles. The molecule has 0 spiro atoms. The van der Waals surface area contributed by atoms with Gasteiger partial charge in [0.15, 0.2) is 11.5 Å². The molecule has 0 N–H and O–H groups in total. The Hall–Kier alpha value is -3.10. The second kappa shape index (κ2) is 11.5. The van der Waals surface area contributed by atoms with Gasteiger partial charge in [-0.1, -0.05) is 47.1 Å². The minimum Gasteiger partial charge on any atom is -0.490 e. The molecule has 0 saturated heterocycles. The van der Waals surface area contributed by atoms with Crippen LogP contribution >= 0.6 is 27.5 Å². The van der Waals surface area contributed by atoms with E-state index < -0.39 is 4.92 Å². The standard InChI is InChI=1S/C23H20BrClN2O5/c1-2-30-22-12-17(13-26-32-14-16-6-5-8-19(10-16)27(28)29)11-20(24)23(22)31-15-18-7-3-4-9-21(18)25/h3-13H,2,14-15H2,1H3/b26-13-. The zero-order valence-corrected chi connectivity index (χ0v) is 19.5. The van der Waals surface area contributed by atoms with Crippen molar-refractivity contribution in [1.82, 2.24) is 0 Å². The Kier molecular flexibility index (Phi) is 8.47. The molecule has 0 unspecified atom stereocenters. The zero-order valence-electron chi connectivity index (χ0n) is 17.2. The highest BCUT2D eigenvalue weighted by atomic mass is 79.9. The summed E-state index contributed by atoms with van der Waals surface area (Å²) in [5.74, 6) is 1.11. The van der Waals surface area contributed by atoms with E-state index in [0.717, 1.165) is 11.1 Å². The largest absolute Gasteiger partial charge is 0.490 e. The van der Waals surface area contributed by atoms with Gasteiger partial charge in [0.2, 0.25) is 0 Å². The minimum atomic E-state index is -0.449. The Labute approximate surface area is 198 Å². The van der Waals surface area contributed by atoms with Crippen molar-refractivity contribution < 1.29 is 19.2 Å². The average Bonchev–Trinajstić information content (AvgIpc) is 2.77. The second-order valence-corrected chi connectivity index (χ2v) is 7.84. The molecule has 0 radical (unpaired) electrons. The summed E-state index contributed by atoms with van der Waals surface area (Å²) < 4.78 is 12.4. The Morgan fingerprint density at radius 3 is 2.66 bits per heavy atom. The predicted octanol–water partition coefficient (Wildman–Crippen LogP) is 6.54. The molecule has 0 bridgehead atoms. The molecule has 166 valence electrons. The molecule has 32 heavy (non-hydrogen) atoms. The summed E-state index contributed by atoms with van der Waals surface area (Å²) in [7, 11) is 0. The number of oxime groups is 1. The third-order valence-electron chi connectivity index (χ3n) is 4.29. The van der Waals surface area contributed by atoms with E-state index in [1.807, 2.05) is 37.3 Å². The summed E-state index contributed by atoms with van der Waals surface area (Å²) in [5, 5.41) is 15.4. The van der Waals surface area contributed by atoms with Crippen LogP contribution in [0.1, 0.15) is 23.6 Å². The summed E-state index contributed by atoms with van der Waals surface area (Å²) in [6.45, 7) is 2.74. The Morgan fingerprint density at radius 1 is 1.09 bits per heavy atom. The molecule has 0 aromatic heterocycles. The Bertz CT molecular complexity index is 1120. The quantitative estimate of drug-likeness (QED) is 0.172. The molecule has 0 aliphatic heterocycles. The fourth-order valence-corrected chi connectivity index (χ4v) is 3.57. The lowest BCUT2D eigenvalue weighted by Crippen LogP contribution is -2.02. The van der Waals surface area contributed by atoms with Crippen molar-refractivity contribution >= 4 is 39.4 Å². The van der Waals surface area contributed by atoms with Gasteiger partial charge < -0.3 is 14.3 Å². The van der Waals surface area contributed by atoms with Crippen LogP contribution in [-0.4, -0.2) is 17.7 Å². The number of hydrogen-bond donors (Lipinski definition) is 0. The number of hydrogen-bond acceptors (Lipinski definition) is 6. The highest BCUT2D eigenvalue weighted by Gasteiger charge is 2.13. The van der Waals surface area contributed by atoms with Crippen LogP contribution in [-0.2, 0) is 18.1 Å². The maximum absolute atomic E-state index is 10.9. The van der Waals surface area contributed by atoms with Crippen LogP contribution in [0.5, 0.6) is 11.5 Å². The number of halogens is 2. The number of nitro benzene ring substituents is 1. The lowest BCUT2D eigenvalue weighted by atomic mass is 10.2. The molecule has 9 heteroatoms. The number of nitro groups is 1. The van der Waals surface area contributed by atoms with E-state index in [0.29, 0.717) is 33.2 Å². The molecule has 0 fully saturated rings. The van der Waals surface area contributed by atoms with Gasteiger partial charge >= 0.3 is 0 Å². The maximum atomic E-state index is 10.9. The fourth-order valence-electron chi connectivity index (χ4n) is 2.80. The summed E-state index contributed by atoms with van der Waals surface area (Å²) in [5.41, 5.74) is 2.25. The Balaban J connectivity index is 1.68. The van der Waals surface area contributed by atoms with E-state index >= 15 is 0 Å². The number of non-ortho nitro benzene ring substituents is 1. The van der Waals surface area contributed by atoms with Gasteiger partial charge in [0, 0.05) is 28.3 Å². The van der Waals surface area contributed by atoms with Crippen molar-refractivity contribution in [2.75, 3.05) is 6.61 Å². The molecule has 7 nitrogen and oxygen atoms in total. The van der Waals surface area contributed by atoms with Crippen LogP contribution in [0.3, 0.4) is 0 Å². The SMILES string of the molecule is CCOc1cc(/C=N\OCc2cccc([N+](=O)[O-])c2)cc(Br)c1OCc1ccccc1Cl. The monoisotopic (exact) mass is 518 g/mol. The molecule has 3 rings (SSSR count). The third-order valence-corrected chi connectivity index (χ3v) is 5.25. The highest BCUT2D eigenvalue weighted by molar-refractivity contribution is 9.10. The van der Waals surface area contributed by atoms with Crippen molar-refractivity contribution in [3.63, 3.8) is 0 Å². The molecular formula is C23H20BrClN2O5. The van der Waals surface area contributed by atoms with Gasteiger partial charge in [-0.25, -0.2) is 0 Å². The lowest BCUT2D eigenvalue weighted by molar-refractivity contribution is -0.384. The van der Waals surface area contributed by atoms with Crippen LogP contribution in [0.25, 0.3) is 0 Å². The van der Waals surface area contributed by atoms with Crippen molar-refractivity contribution in [2.24, 2.45) is 5.16 Å². The minimum absolute atomic E-state index is 0.00717. The second-order valence-electron chi connectivity index (χ2n) is 6.58. The summed E-state index contributed by atoms with van der Waals surface area (Å²) in [4.78, 5) is 15.7. The first-order chi connectivity index (χ1) is 15.5. The van der Waals surface area contributed by atoms with Crippen LogP contribution in [0.2, 0.25) is 5.02 Å². The van der Waals surface area contributed by atoms with Crippen LogP contribution in [0, 0.1) is 10.1 Å². The predicted molar refractivity (Wildman–Crippen MR) is 127 cm³/mol. The van der Waals surface area contributed by atoms with E-state index in [4.69, 9.17) is 25.9 Å². The smallest absolute Gasteiger partial charge is 0.269 e. The van der Waals surface area contributed by atoms with Crippen LogP contribution in [0.4, 0.5) is 5.69 Å². The van der Waals surface area contributed by atoms with Gasteiger partial charge in [-0.3, -0.25) is 10.1 Å². The molecule has 0 amide bonds. The average molecular weight is 520 g/mol. The van der Waals surface area contributed by atoms with Gasteiger partial charge in [0.05, 0.1) is 22.2 Å². The van der Waals surface area contributed by atoms with Crippen LogP contribution < -0.4 is 9.47 Å². The maximum Gasteiger partial charge on any atom is 0.269 e. The molecule has 0 atom stereocenters. The van der Waals surface area contributed by atoms with E-state index in [9.17, 15) is 10.1 Å². The Morgan fingerprint density at radius 2 is 1.91 bits per heavy atom. The molecule has 0 aliphatic carbocycles. The van der Waals surface area contributed by atoms with Gasteiger partial charge in [0.25, 0.3) is 5.69 Å². The van der Waals surface area contributed by atoms with Gasteiger partial charge in [-0.15, -0.1) is 0 Å². The normalized spacial score (nSPS) is 10.8. The summed E-state index contributed by atoms with van der Waals surface area (Å²) in [6.07, 6.45) is 1.53. The van der Waals surface area contributed by atoms with Gasteiger partial charge in [-0.05, 0) is 46.6 Å². The first-order valence-corrected chi connectivity index (χ1v) is 10.9. The van der Waals surface area contributed by atoms with Crippen molar-refractivity contribution in [3.8, 4) is 11.5 Å². The zero-order chi connectivity index (χ0) is 22.9. The van der Waals surface area contributed by atoms with E-state index in [1.54, 1.807) is 18.2 Å². The first-order valence-electron chi connectivity index (χ1n) is 9.69. The van der Waals surface area contributed by atoms with Crippen LogP contribution in [0.15, 0.2) is 70.3 Å². The first kappa shape index (κ1) is 23.6. The molecule has 0 saturated carbocycles. The topological polar surface area (TPSA) is 83.2 Å². The third kappa shape index (κ3) is 6.45. The number of rotatable bonds is 10. The molecule has 3 aromatic carbocycles. The number of ether oxygens (including phenoxy) is 2. The van der Waals surface area contributed by atoms with Gasteiger partial charge in [-0.2, -0.15) is 0 Å². The molecular weight excluding hydrogens is 500 g/mol. The molecule has 3 aromatic rings. The van der Waals surface area contributed by atoms with E-state index in [2.05, 4.69) is 21.1 Å². The summed E-state index contributed by atoms with van der Waals surface area (Å²) >= 11 is 9.73. The van der Waals surface area contributed by atoms with Crippen molar-refractivity contribution in [2.45, 2.75) is 20.1 Å². The highest BCUT2D eigenvalue weighted by Crippen LogP contribution is 2.37. The number of benzene rings is 3.